The van der Waals surface area contributed by atoms with Gasteiger partial charge >= 0.3 is 5.97 Å². The van der Waals surface area contributed by atoms with Crippen LogP contribution in [-0.4, -0.2) is 74.1 Å². The molecule has 2 heterocycles. The van der Waals surface area contributed by atoms with Crippen LogP contribution in [0, 0.1) is 0 Å². The highest BCUT2D eigenvalue weighted by Gasteiger charge is 2.35. The monoisotopic (exact) mass is 273 g/mol. The summed E-state index contributed by atoms with van der Waals surface area (Å²) in [4.78, 5) is 18.4. The molecule has 0 atom stereocenters. The number of likely N-dealkylation sites (N-methyl/N-ethyl adjacent to an activating group) is 1. The van der Waals surface area contributed by atoms with E-state index in [1.807, 2.05) is 11.9 Å². The summed E-state index contributed by atoms with van der Waals surface area (Å²) in [6.45, 7) is 3.52. The molecule has 0 aliphatic carbocycles. The van der Waals surface area contributed by atoms with Crippen LogP contribution in [0.25, 0.3) is 0 Å². The van der Waals surface area contributed by atoms with Gasteiger partial charge in [-0.15, -0.1) is 0 Å². The Balaban J connectivity index is 2.03. The third-order valence-corrected chi connectivity index (χ3v) is 4.80. The summed E-state index contributed by atoms with van der Waals surface area (Å²) < 4.78 is 23.7. The van der Waals surface area contributed by atoms with E-state index >= 15 is 0 Å². The quantitative estimate of drug-likeness (QED) is 0.708. The van der Waals surface area contributed by atoms with Gasteiger partial charge in [0.15, 0.2) is 0 Å². The van der Waals surface area contributed by atoms with Crippen molar-refractivity contribution in [3.05, 3.63) is 11.1 Å². The predicted octanol–water partition coefficient (Wildman–Crippen LogP) is -1.01. The number of rotatable bonds is 3. The van der Waals surface area contributed by atoms with Gasteiger partial charge in [0.2, 0.25) is 14.9 Å². The van der Waals surface area contributed by atoms with E-state index in [1.165, 1.54) is 0 Å². The van der Waals surface area contributed by atoms with Crippen molar-refractivity contribution in [3.63, 3.8) is 0 Å². The fraction of sp³-hybridized carbons (Fsp3) is 0.600. The predicted molar refractivity (Wildman–Crippen MR) is 66.0 cm³/mol. The maximum atomic E-state index is 11.9. The van der Waals surface area contributed by atoms with Gasteiger partial charge in [-0.05, 0) is 7.05 Å². The van der Waals surface area contributed by atoms with E-state index in [4.69, 9.17) is 5.11 Å². The SMILES string of the molecule is CN1CCN(CC2=CN=C(C(=O)O)S2(=O)=O)CC1. The van der Waals surface area contributed by atoms with E-state index < -0.39 is 20.9 Å². The Hall–Kier alpha value is -1.25. The first kappa shape index (κ1) is 13.2. The van der Waals surface area contributed by atoms with Gasteiger partial charge in [0.25, 0.3) is 0 Å². The van der Waals surface area contributed by atoms with Crippen molar-refractivity contribution in [2.24, 2.45) is 4.99 Å². The minimum absolute atomic E-state index is 0.0736. The van der Waals surface area contributed by atoms with Gasteiger partial charge in [-0.2, -0.15) is 0 Å². The number of sulfone groups is 1. The molecule has 0 spiro atoms. The standard InChI is InChI=1S/C10H15N3O4S/c1-12-2-4-13(5-3-12)7-8-6-11-9(10(14)15)18(8,16)17/h6H,2-5,7H2,1H3,(H,14,15). The smallest absolute Gasteiger partial charge is 0.366 e. The topological polar surface area (TPSA) is 90.3 Å². The van der Waals surface area contributed by atoms with Crippen molar-refractivity contribution < 1.29 is 18.3 Å². The second kappa shape index (κ2) is 4.79. The number of aliphatic imine (C=N–C) groups is 1. The molecule has 1 saturated heterocycles. The van der Waals surface area contributed by atoms with Gasteiger partial charge in [0.1, 0.15) is 0 Å². The van der Waals surface area contributed by atoms with Crippen LogP contribution >= 0.6 is 0 Å². The minimum atomic E-state index is -3.88. The molecule has 8 heteroatoms. The first-order valence-corrected chi connectivity index (χ1v) is 7.05. The number of carboxylic acid groups (broad SMARTS) is 1. The number of hydrogen-bond donors (Lipinski definition) is 1. The van der Waals surface area contributed by atoms with E-state index in [1.54, 1.807) is 0 Å². The number of piperazine rings is 1. The fourth-order valence-corrected chi connectivity index (χ4v) is 3.13. The summed E-state index contributed by atoms with van der Waals surface area (Å²) in [6, 6.07) is 0. The zero-order valence-corrected chi connectivity index (χ0v) is 10.9. The van der Waals surface area contributed by atoms with E-state index in [2.05, 4.69) is 9.89 Å². The molecule has 0 aromatic carbocycles. The van der Waals surface area contributed by atoms with Gasteiger partial charge < -0.3 is 10.0 Å². The first-order chi connectivity index (χ1) is 8.41. The molecule has 0 radical (unpaired) electrons. The van der Waals surface area contributed by atoms with E-state index in [0.29, 0.717) is 0 Å². The number of carboxylic acids is 1. The average molecular weight is 273 g/mol. The molecule has 0 aromatic heterocycles. The molecular weight excluding hydrogens is 258 g/mol. The molecule has 0 aromatic rings. The lowest BCUT2D eigenvalue weighted by atomic mass is 10.3. The summed E-state index contributed by atoms with van der Waals surface area (Å²) in [5.41, 5.74) is 0. The second-order valence-electron chi connectivity index (χ2n) is 4.42. The molecule has 1 N–H and O–H groups in total. The van der Waals surface area contributed by atoms with E-state index in [9.17, 15) is 13.2 Å². The van der Waals surface area contributed by atoms with Crippen LogP contribution in [0.15, 0.2) is 16.1 Å². The second-order valence-corrected chi connectivity index (χ2v) is 6.34. The van der Waals surface area contributed by atoms with Crippen LogP contribution in [0.1, 0.15) is 0 Å². The molecule has 1 fully saturated rings. The Morgan fingerprint density at radius 2 is 2.00 bits per heavy atom. The lowest BCUT2D eigenvalue weighted by Crippen LogP contribution is -2.45. The molecule has 100 valence electrons. The van der Waals surface area contributed by atoms with Gasteiger partial charge in [-0.25, -0.2) is 18.2 Å². The molecule has 0 bridgehead atoms. The van der Waals surface area contributed by atoms with Gasteiger partial charge in [0, 0.05) is 38.9 Å². The molecule has 2 aliphatic rings. The Kier molecular flexibility index (Phi) is 3.51. The zero-order valence-electron chi connectivity index (χ0n) is 10.0. The molecule has 7 nitrogen and oxygen atoms in total. The zero-order chi connectivity index (χ0) is 13.3. The van der Waals surface area contributed by atoms with Crippen LogP contribution < -0.4 is 0 Å². The average Bonchev–Trinajstić information content (AvgIpc) is 2.58. The summed E-state index contributed by atoms with van der Waals surface area (Å²) in [6.07, 6.45) is 1.15. The van der Waals surface area contributed by atoms with Gasteiger partial charge in [-0.1, -0.05) is 0 Å². The lowest BCUT2D eigenvalue weighted by Gasteiger charge is -2.32. The van der Waals surface area contributed by atoms with Gasteiger partial charge in [-0.3, -0.25) is 4.90 Å². The number of aliphatic carboxylic acids is 1. The maximum absolute atomic E-state index is 11.9. The molecule has 0 saturated carbocycles. The summed E-state index contributed by atoms with van der Waals surface area (Å²) in [5.74, 6) is -1.50. The molecular formula is C10H15N3O4S. The Morgan fingerprint density at radius 1 is 1.39 bits per heavy atom. The highest BCUT2D eigenvalue weighted by Crippen LogP contribution is 2.19. The van der Waals surface area contributed by atoms with Crippen molar-refractivity contribution in [2.75, 3.05) is 39.8 Å². The minimum Gasteiger partial charge on any atom is -0.476 e. The summed E-state index contributed by atoms with van der Waals surface area (Å²) >= 11 is 0. The number of nitrogens with zero attached hydrogens (tertiary/aromatic N) is 3. The molecule has 2 rings (SSSR count). The molecule has 0 unspecified atom stereocenters. The van der Waals surface area contributed by atoms with Crippen LogP contribution in [0.5, 0.6) is 0 Å². The van der Waals surface area contributed by atoms with Crippen molar-refractivity contribution in [1.82, 2.24) is 9.80 Å². The van der Waals surface area contributed by atoms with Crippen LogP contribution in [0.2, 0.25) is 0 Å². The summed E-state index contributed by atoms with van der Waals surface area (Å²) in [5, 5.41) is 7.97. The van der Waals surface area contributed by atoms with Gasteiger partial charge in [0.05, 0.1) is 4.91 Å². The fourth-order valence-electron chi connectivity index (χ4n) is 1.92. The molecule has 2 aliphatic heterocycles. The van der Waals surface area contributed by atoms with E-state index in [-0.39, 0.29) is 11.4 Å². The Labute approximate surface area is 105 Å². The molecule has 0 amide bonds. The Morgan fingerprint density at radius 3 is 2.50 bits per heavy atom. The van der Waals surface area contributed by atoms with Crippen molar-refractivity contribution in [3.8, 4) is 0 Å². The highest BCUT2D eigenvalue weighted by atomic mass is 32.2. The van der Waals surface area contributed by atoms with Crippen LogP contribution in [0.4, 0.5) is 0 Å². The third-order valence-electron chi connectivity index (χ3n) is 3.08. The van der Waals surface area contributed by atoms with E-state index in [0.717, 1.165) is 32.4 Å². The van der Waals surface area contributed by atoms with Crippen molar-refractivity contribution in [1.29, 1.82) is 0 Å². The lowest BCUT2D eigenvalue weighted by molar-refractivity contribution is -0.129. The number of hydrogen-bond acceptors (Lipinski definition) is 6. The largest absolute Gasteiger partial charge is 0.476 e. The van der Waals surface area contributed by atoms with Crippen molar-refractivity contribution in [2.45, 2.75) is 0 Å². The highest BCUT2D eigenvalue weighted by molar-refractivity contribution is 8.11. The normalized spacial score (nSPS) is 24.7. The van der Waals surface area contributed by atoms with Crippen LogP contribution in [-0.2, 0) is 14.6 Å². The first-order valence-electron chi connectivity index (χ1n) is 5.57. The maximum Gasteiger partial charge on any atom is 0.366 e. The number of carbonyl (C=O) groups is 1. The third kappa shape index (κ3) is 2.45. The summed E-state index contributed by atoms with van der Waals surface area (Å²) in [7, 11) is -1.88. The van der Waals surface area contributed by atoms with Crippen LogP contribution in [0.3, 0.4) is 0 Å². The Bertz CT molecular complexity index is 515. The van der Waals surface area contributed by atoms with Crippen molar-refractivity contribution >= 4 is 20.9 Å². The molecule has 18 heavy (non-hydrogen) atoms.